The van der Waals surface area contributed by atoms with Crippen molar-refractivity contribution in [2.45, 2.75) is 78.2 Å². The molecule has 108 valence electrons. The van der Waals surface area contributed by atoms with E-state index in [-0.39, 0.29) is 23.9 Å². The minimum Gasteiger partial charge on any atom is -0.292 e. The molecule has 0 aromatic rings. The van der Waals surface area contributed by atoms with E-state index >= 15 is 0 Å². The zero-order valence-corrected chi connectivity index (χ0v) is 12.7. The molecule has 0 aliphatic carbocycles. The fraction of sp³-hybridized carbons (Fsp3) is 1.00. The molecule has 1 heterocycles. The first kappa shape index (κ1) is 15.9. The van der Waals surface area contributed by atoms with Crippen LogP contribution in [0.5, 0.6) is 0 Å². The molecule has 0 saturated carbocycles. The van der Waals surface area contributed by atoms with E-state index in [9.17, 15) is 8.78 Å². The largest absolute Gasteiger partial charge is 0.292 e. The molecular weight excluding hydrogens is 232 g/mol. The Bertz CT molecular complexity index is 272. The zero-order chi connectivity index (χ0) is 14.0. The maximum absolute atomic E-state index is 13.3. The Morgan fingerprint density at radius 1 is 1.17 bits per heavy atom. The summed E-state index contributed by atoms with van der Waals surface area (Å²) in [6.07, 6.45) is 4.60. The fourth-order valence-corrected chi connectivity index (χ4v) is 3.28. The van der Waals surface area contributed by atoms with E-state index in [4.69, 9.17) is 0 Å². The quantitative estimate of drug-likeness (QED) is 0.669. The van der Waals surface area contributed by atoms with Crippen LogP contribution in [0.15, 0.2) is 0 Å². The van der Waals surface area contributed by atoms with Gasteiger partial charge in [0.15, 0.2) is 0 Å². The lowest BCUT2D eigenvalue weighted by Crippen LogP contribution is -2.46. The molecule has 1 rings (SSSR count). The Kier molecular flexibility index (Phi) is 4.80. The van der Waals surface area contributed by atoms with Crippen LogP contribution in [0, 0.1) is 5.41 Å². The Hall–Kier alpha value is -0.180. The lowest BCUT2D eigenvalue weighted by molar-refractivity contribution is -0.00705. The van der Waals surface area contributed by atoms with Crippen LogP contribution in [-0.4, -0.2) is 29.5 Å². The van der Waals surface area contributed by atoms with Crippen LogP contribution in [0.25, 0.3) is 0 Å². The predicted molar refractivity (Wildman–Crippen MR) is 73.1 cm³/mol. The highest BCUT2D eigenvalue weighted by Crippen LogP contribution is 2.39. The average Bonchev–Trinajstić information content (AvgIpc) is 2.55. The van der Waals surface area contributed by atoms with Gasteiger partial charge in [0.2, 0.25) is 0 Å². The highest BCUT2D eigenvalue weighted by Gasteiger charge is 2.44. The number of halogens is 2. The molecule has 0 atom stereocenters. The van der Waals surface area contributed by atoms with Crippen LogP contribution in [0.2, 0.25) is 0 Å². The van der Waals surface area contributed by atoms with Gasteiger partial charge in [0, 0.05) is 18.5 Å². The Morgan fingerprint density at radius 3 is 2.22 bits per heavy atom. The third kappa shape index (κ3) is 4.49. The molecule has 0 spiro atoms. The number of alkyl halides is 2. The SMILES string of the molecule is CCCCC(C)(C)CC(C)(C)N1CCC(F)(F)C1. The van der Waals surface area contributed by atoms with Crippen molar-refractivity contribution in [3.63, 3.8) is 0 Å². The van der Waals surface area contributed by atoms with Crippen molar-refractivity contribution in [2.75, 3.05) is 13.1 Å². The molecule has 0 aromatic carbocycles. The summed E-state index contributed by atoms with van der Waals surface area (Å²) in [5.41, 5.74) is 0.106. The molecule has 1 fully saturated rings. The smallest absolute Gasteiger partial charge is 0.261 e. The van der Waals surface area contributed by atoms with E-state index in [1.165, 1.54) is 19.3 Å². The summed E-state index contributed by atoms with van der Waals surface area (Å²) in [5.74, 6) is -2.48. The summed E-state index contributed by atoms with van der Waals surface area (Å²) >= 11 is 0. The van der Waals surface area contributed by atoms with Crippen molar-refractivity contribution >= 4 is 0 Å². The van der Waals surface area contributed by atoms with Crippen LogP contribution in [0.1, 0.15) is 66.7 Å². The van der Waals surface area contributed by atoms with Crippen molar-refractivity contribution < 1.29 is 8.78 Å². The normalized spacial score (nSPS) is 21.5. The Morgan fingerprint density at radius 2 is 1.78 bits per heavy atom. The van der Waals surface area contributed by atoms with Crippen molar-refractivity contribution in [1.29, 1.82) is 0 Å². The summed E-state index contributed by atoms with van der Waals surface area (Å²) in [6.45, 7) is 11.4. The number of unbranched alkanes of at least 4 members (excludes halogenated alkanes) is 1. The van der Waals surface area contributed by atoms with Crippen LogP contribution < -0.4 is 0 Å². The monoisotopic (exact) mass is 261 g/mol. The molecule has 0 N–H and O–H groups in total. The summed E-state index contributed by atoms with van der Waals surface area (Å²) in [7, 11) is 0. The van der Waals surface area contributed by atoms with Gasteiger partial charge < -0.3 is 0 Å². The molecule has 1 saturated heterocycles. The first-order valence-corrected chi connectivity index (χ1v) is 7.21. The molecule has 1 aliphatic rings. The van der Waals surface area contributed by atoms with Crippen molar-refractivity contribution in [2.24, 2.45) is 5.41 Å². The van der Waals surface area contributed by atoms with Crippen LogP contribution in [0.3, 0.4) is 0 Å². The van der Waals surface area contributed by atoms with Crippen LogP contribution in [0.4, 0.5) is 8.78 Å². The topological polar surface area (TPSA) is 3.24 Å². The van der Waals surface area contributed by atoms with Gasteiger partial charge in [-0.3, -0.25) is 4.90 Å². The van der Waals surface area contributed by atoms with Crippen molar-refractivity contribution in [3.05, 3.63) is 0 Å². The Labute approximate surface area is 111 Å². The molecule has 0 bridgehead atoms. The van der Waals surface area contributed by atoms with Gasteiger partial charge in [-0.2, -0.15) is 0 Å². The minimum atomic E-state index is -2.48. The lowest BCUT2D eigenvalue weighted by atomic mass is 9.76. The van der Waals surface area contributed by atoms with E-state index in [1.54, 1.807) is 0 Å². The van der Waals surface area contributed by atoms with Gasteiger partial charge in [0.05, 0.1) is 6.54 Å². The van der Waals surface area contributed by atoms with E-state index in [2.05, 4.69) is 34.6 Å². The predicted octanol–water partition coefficient (Wildman–Crippen LogP) is 4.71. The van der Waals surface area contributed by atoms with E-state index in [1.807, 2.05) is 4.90 Å². The van der Waals surface area contributed by atoms with E-state index < -0.39 is 5.92 Å². The van der Waals surface area contributed by atoms with Crippen LogP contribution >= 0.6 is 0 Å². The van der Waals surface area contributed by atoms with Crippen LogP contribution in [-0.2, 0) is 0 Å². The fourth-order valence-electron chi connectivity index (χ4n) is 3.28. The minimum absolute atomic E-state index is 0.0197. The highest BCUT2D eigenvalue weighted by molar-refractivity contribution is 4.94. The second-order valence-electron chi connectivity index (χ2n) is 7.28. The van der Waals surface area contributed by atoms with Gasteiger partial charge in [0.1, 0.15) is 0 Å². The van der Waals surface area contributed by atoms with Gasteiger partial charge in [-0.05, 0) is 32.1 Å². The molecular formula is C15H29F2N. The van der Waals surface area contributed by atoms with E-state index in [0.717, 1.165) is 6.42 Å². The maximum atomic E-state index is 13.3. The number of rotatable bonds is 6. The Balaban J connectivity index is 2.58. The second kappa shape index (κ2) is 5.44. The molecule has 0 amide bonds. The summed E-state index contributed by atoms with van der Waals surface area (Å²) in [5, 5.41) is 0. The second-order valence-corrected chi connectivity index (χ2v) is 7.28. The molecule has 0 unspecified atom stereocenters. The summed E-state index contributed by atoms with van der Waals surface area (Å²) in [4.78, 5) is 1.97. The zero-order valence-electron chi connectivity index (χ0n) is 12.7. The number of nitrogens with zero attached hydrogens (tertiary/aromatic N) is 1. The summed E-state index contributed by atoms with van der Waals surface area (Å²) < 4.78 is 26.6. The van der Waals surface area contributed by atoms with Gasteiger partial charge in [-0.1, -0.05) is 33.6 Å². The first-order chi connectivity index (χ1) is 8.08. The van der Waals surface area contributed by atoms with Crippen molar-refractivity contribution in [1.82, 2.24) is 4.90 Å². The highest BCUT2D eigenvalue weighted by atomic mass is 19.3. The number of hydrogen-bond acceptors (Lipinski definition) is 1. The van der Waals surface area contributed by atoms with Crippen molar-refractivity contribution in [3.8, 4) is 0 Å². The van der Waals surface area contributed by atoms with Gasteiger partial charge in [-0.15, -0.1) is 0 Å². The molecule has 1 nitrogen and oxygen atoms in total. The molecule has 1 aliphatic heterocycles. The third-order valence-electron chi connectivity index (χ3n) is 4.14. The first-order valence-electron chi connectivity index (χ1n) is 7.21. The van der Waals surface area contributed by atoms with Gasteiger partial charge in [0.25, 0.3) is 5.92 Å². The number of likely N-dealkylation sites (tertiary alicyclic amines) is 1. The van der Waals surface area contributed by atoms with Gasteiger partial charge >= 0.3 is 0 Å². The average molecular weight is 261 g/mol. The molecule has 0 radical (unpaired) electrons. The lowest BCUT2D eigenvalue weighted by Gasteiger charge is -2.41. The maximum Gasteiger partial charge on any atom is 0.261 e. The number of hydrogen-bond donors (Lipinski definition) is 0. The molecule has 3 heteroatoms. The summed E-state index contributed by atoms with van der Waals surface area (Å²) in [6, 6.07) is 0. The van der Waals surface area contributed by atoms with E-state index in [0.29, 0.717) is 6.54 Å². The standard InChI is InChI=1S/C15H29F2N/c1-6-7-8-13(2,3)11-14(4,5)18-10-9-15(16,17)12-18/h6-12H2,1-5H3. The molecule has 0 aromatic heterocycles. The van der Waals surface area contributed by atoms with Gasteiger partial charge in [-0.25, -0.2) is 8.78 Å². The third-order valence-corrected chi connectivity index (χ3v) is 4.14. The molecule has 18 heavy (non-hydrogen) atoms.